The van der Waals surface area contributed by atoms with Crippen LogP contribution in [0.4, 0.5) is 0 Å². The Morgan fingerprint density at radius 2 is 2.06 bits per heavy atom. The van der Waals surface area contributed by atoms with Crippen LogP contribution in [0, 0.1) is 0 Å². The van der Waals surface area contributed by atoms with Crippen LogP contribution >= 0.6 is 0 Å². The predicted molar refractivity (Wildman–Crippen MR) is 124 cm³/mol. The number of aromatic amines is 1. The van der Waals surface area contributed by atoms with E-state index in [1.54, 1.807) is 12.1 Å². The molecule has 1 unspecified atom stereocenters. The summed E-state index contributed by atoms with van der Waals surface area (Å²) in [7, 11) is 0. The second-order valence-electron chi connectivity index (χ2n) is 8.36. The topological polar surface area (TPSA) is 84.3 Å². The standard InChI is InChI=1S/C26H26N2O4/c1-2-6-16-13-25(30)32-23-14-17(11-12-18(16)23)31-15-24(29)27-22-10-5-8-20-19-7-3-4-9-21(19)28-26(20)22/h3-4,7,9,11-14,22,28H,2,5-6,8,10,15H2,1H3,(H,27,29). The minimum Gasteiger partial charge on any atom is -0.484 e. The molecule has 2 heterocycles. The number of H-pyrrole nitrogens is 1. The van der Waals surface area contributed by atoms with E-state index < -0.39 is 0 Å². The van der Waals surface area contributed by atoms with Crippen molar-refractivity contribution in [3.8, 4) is 5.75 Å². The molecule has 6 heteroatoms. The van der Waals surface area contributed by atoms with E-state index in [1.807, 2.05) is 24.3 Å². The Morgan fingerprint density at radius 1 is 1.19 bits per heavy atom. The molecule has 32 heavy (non-hydrogen) atoms. The van der Waals surface area contributed by atoms with Gasteiger partial charge in [0, 0.05) is 34.1 Å². The fourth-order valence-corrected chi connectivity index (χ4v) is 4.72. The summed E-state index contributed by atoms with van der Waals surface area (Å²) < 4.78 is 11.1. The van der Waals surface area contributed by atoms with Gasteiger partial charge in [-0.05, 0) is 55.0 Å². The number of carbonyl (C=O) groups is 1. The number of para-hydroxylation sites is 1. The van der Waals surface area contributed by atoms with E-state index in [9.17, 15) is 9.59 Å². The Labute approximate surface area is 185 Å². The van der Waals surface area contributed by atoms with Crippen LogP contribution in [0.25, 0.3) is 21.9 Å². The van der Waals surface area contributed by atoms with E-state index in [2.05, 4.69) is 29.4 Å². The molecule has 0 saturated carbocycles. The summed E-state index contributed by atoms with van der Waals surface area (Å²) >= 11 is 0. The molecule has 1 amide bonds. The Hall–Kier alpha value is -3.54. The summed E-state index contributed by atoms with van der Waals surface area (Å²) in [6.07, 6.45) is 4.69. The van der Waals surface area contributed by atoms with Gasteiger partial charge in [-0.25, -0.2) is 4.79 Å². The molecule has 0 radical (unpaired) electrons. The number of aromatic nitrogens is 1. The van der Waals surface area contributed by atoms with Crippen LogP contribution in [-0.4, -0.2) is 17.5 Å². The van der Waals surface area contributed by atoms with Crippen LogP contribution < -0.4 is 15.7 Å². The molecule has 0 saturated heterocycles. The molecule has 164 valence electrons. The molecular formula is C26H26N2O4. The van der Waals surface area contributed by atoms with E-state index in [0.29, 0.717) is 11.3 Å². The molecule has 0 aliphatic heterocycles. The number of carbonyl (C=O) groups excluding carboxylic acids is 1. The van der Waals surface area contributed by atoms with Crippen molar-refractivity contribution in [1.82, 2.24) is 10.3 Å². The zero-order valence-corrected chi connectivity index (χ0v) is 18.1. The average molecular weight is 431 g/mol. The van der Waals surface area contributed by atoms with Crippen molar-refractivity contribution in [2.75, 3.05) is 6.61 Å². The molecule has 4 aromatic rings. The van der Waals surface area contributed by atoms with Crippen LogP contribution in [0.3, 0.4) is 0 Å². The Balaban J connectivity index is 1.29. The first kappa shape index (κ1) is 20.4. The summed E-state index contributed by atoms with van der Waals surface area (Å²) in [5, 5.41) is 5.24. The van der Waals surface area contributed by atoms with Crippen LogP contribution in [0.1, 0.15) is 49.0 Å². The number of aryl methyl sites for hydroxylation is 2. The summed E-state index contributed by atoms with van der Waals surface area (Å²) in [5.41, 5.74) is 4.58. The summed E-state index contributed by atoms with van der Waals surface area (Å²) in [6, 6.07) is 15.1. The number of hydrogen-bond acceptors (Lipinski definition) is 4. The monoisotopic (exact) mass is 430 g/mol. The molecule has 5 rings (SSSR count). The zero-order valence-electron chi connectivity index (χ0n) is 18.1. The fourth-order valence-electron chi connectivity index (χ4n) is 4.72. The third-order valence-corrected chi connectivity index (χ3v) is 6.14. The van der Waals surface area contributed by atoms with Gasteiger partial charge in [0.25, 0.3) is 5.91 Å². The van der Waals surface area contributed by atoms with Gasteiger partial charge >= 0.3 is 5.63 Å². The molecule has 2 N–H and O–H groups in total. The number of hydrogen-bond donors (Lipinski definition) is 2. The average Bonchev–Trinajstić information content (AvgIpc) is 3.17. The zero-order chi connectivity index (χ0) is 22.1. The van der Waals surface area contributed by atoms with E-state index in [4.69, 9.17) is 9.15 Å². The highest BCUT2D eigenvalue weighted by Crippen LogP contribution is 2.34. The van der Waals surface area contributed by atoms with Crippen molar-refractivity contribution in [2.24, 2.45) is 0 Å². The quantitative estimate of drug-likeness (QED) is 0.431. The lowest BCUT2D eigenvalue weighted by atomic mass is 9.91. The van der Waals surface area contributed by atoms with Gasteiger partial charge in [-0.2, -0.15) is 0 Å². The van der Waals surface area contributed by atoms with Gasteiger partial charge < -0.3 is 19.5 Å². The van der Waals surface area contributed by atoms with Gasteiger partial charge in [0.05, 0.1) is 6.04 Å². The maximum absolute atomic E-state index is 12.6. The number of nitrogens with one attached hydrogen (secondary N) is 2. The number of rotatable bonds is 6. The summed E-state index contributed by atoms with van der Waals surface area (Å²) in [4.78, 5) is 28.0. The molecule has 6 nitrogen and oxygen atoms in total. The van der Waals surface area contributed by atoms with E-state index in [0.717, 1.165) is 54.3 Å². The number of benzene rings is 2. The third-order valence-electron chi connectivity index (χ3n) is 6.14. The number of ether oxygens (including phenoxy) is 1. The van der Waals surface area contributed by atoms with Crippen LogP contribution in [0.5, 0.6) is 5.75 Å². The van der Waals surface area contributed by atoms with Crippen molar-refractivity contribution < 1.29 is 13.9 Å². The van der Waals surface area contributed by atoms with Crippen molar-refractivity contribution in [2.45, 2.75) is 45.1 Å². The van der Waals surface area contributed by atoms with Gasteiger partial charge in [0.1, 0.15) is 11.3 Å². The molecule has 1 aliphatic rings. The Kier molecular flexibility index (Phi) is 5.43. The molecule has 0 fully saturated rings. The van der Waals surface area contributed by atoms with Gasteiger partial charge in [-0.3, -0.25) is 4.79 Å². The van der Waals surface area contributed by atoms with Crippen LogP contribution in [-0.2, 0) is 17.6 Å². The van der Waals surface area contributed by atoms with Crippen LogP contribution in [0.15, 0.2) is 57.7 Å². The van der Waals surface area contributed by atoms with Crippen LogP contribution in [0.2, 0.25) is 0 Å². The first-order chi connectivity index (χ1) is 15.6. The van der Waals surface area contributed by atoms with Gasteiger partial charge in [-0.15, -0.1) is 0 Å². The molecular weight excluding hydrogens is 404 g/mol. The SMILES string of the molecule is CCCc1cc(=O)oc2cc(OCC(=O)NC3CCCc4c3[nH]c3ccccc43)ccc12. The van der Waals surface area contributed by atoms with Crippen molar-refractivity contribution in [3.05, 3.63) is 75.8 Å². The summed E-state index contributed by atoms with van der Waals surface area (Å²) in [5.74, 6) is 0.321. The van der Waals surface area contributed by atoms with Gasteiger partial charge in [0.2, 0.25) is 0 Å². The molecule has 0 bridgehead atoms. The lowest BCUT2D eigenvalue weighted by molar-refractivity contribution is -0.124. The Morgan fingerprint density at radius 3 is 2.94 bits per heavy atom. The van der Waals surface area contributed by atoms with Crippen molar-refractivity contribution >= 4 is 27.8 Å². The highest BCUT2D eigenvalue weighted by Gasteiger charge is 2.25. The maximum atomic E-state index is 12.6. The second-order valence-corrected chi connectivity index (χ2v) is 8.36. The smallest absolute Gasteiger partial charge is 0.336 e. The fraction of sp³-hybridized carbons (Fsp3) is 0.308. The van der Waals surface area contributed by atoms with Crippen molar-refractivity contribution in [3.63, 3.8) is 0 Å². The summed E-state index contributed by atoms with van der Waals surface area (Å²) in [6.45, 7) is 1.97. The molecule has 1 atom stereocenters. The maximum Gasteiger partial charge on any atom is 0.336 e. The minimum atomic E-state index is -0.373. The predicted octanol–water partition coefficient (Wildman–Crippen LogP) is 4.80. The Bertz CT molecular complexity index is 1350. The highest BCUT2D eigenvalue weighted by molar-refractivity contribution is 5.86. The van der Waals surface area contributed by atoms with Gasteiger partial charge in [-0.1, -0.05) is 31.5 Å². The molecule has 2 aromatic carbocycles. The van der Waals surface area contributed by atoms with E-state index >= 15 is 0 Å². The number of fused-ring (bicyclic) bond motifs is 4. The normalized spacial score (nSPS) is 15.6. The first-order valence-corrected chi connectivity index (χ1v) is 11.2. The van der Waals surface area contributed by atoms with Crippen molar-refractivity contribution in [1.29, 1.82) is 0 Å². The van der Waals surface area contributed by atoms with Gasteiger partial charge in [0.15, 0.2) is 6.61 Å². The molecule has 1 aliphatic carbocycles. The lowest BCUT2D eigenvalue weighted by Crippen LogP contribution is -2.34. The highest BCUT2D eigenvalue weighted by atomic mass is 16.5. The van der Waals surface area contributed by atoms with E-state index in [1.165, 1.54) is 10.9 Å². The molecule has 0 spiro atoms. The van der Waals surface area contributed by atoms with E-state index in [-0.39, 0.29) is 24.2 Å². The number of amides is 1. The largest absolute Gasteiger partial charge is 0.484 e. The minimum absolute atomic E-state index is 0.0477. The molecule has 2 aromatic heterocycles. The second kappa shape index (κ2) is 8.54. The lowest BCUT2D eigenvalue weighted by Gasteiger charge is -2.24. The first-order valence-electron chi connectivity index (χ1n) is 11.2. The third kappa shape index (κ3) is 3.88.